The fourth-order valence-corrected chi connectivity index (χ4v) is 5.40. The Morgan fingerprint density at radius 3 is 3.15 bits per heavy atom. The summed E-state index contributed by atoms with van der Waals surface area (Å²) < 4.78 is 6.08. The maximum Gasteiger partial charge on any atom is 0.493 e. The van der Waals surface area contributed by atoms with E-state index in [4.69, 9.17) is 4.65 Å². The van der Waals surface area contributed by atoms with Crippen LogP contribution in [-0.4, -0.2) is 46.0 Å². The summed E-state index contributed by atoms with van der Waals surface area (Å²) in [4.78, 5) is 22.0. The van der Waals surface area contributed by atoms with Gasteiger partial charge in [0.05, 0.1) is 5.60 Å². The lowest BCUT2D eigenvalue weighted by Gasteiger charge is -2.53. The van der Waals surface area contributed by atoms with E-state index in [-0.39, 0.29) is 11.3 Å². The van der Waals surface area contributed by atoms with Crippen molar-refractivity contribution in [1.29, 1.82) is 0 Å². The van der Waals surface area contributed by atoms with E-state index >= 15 is 0 Å². The molecule has 0 radical (unpaired) electrons. The Hall–Kier alpha value is -1.86. The Kier molecular flexibility index (Phi) is 3.50. The minimum absolute atomic E-state index is 0.134. The molecule has 1 saturated carbocycles. The summed E-state index contributed by atoms with van der Waals surface area (Å²) in [5, 5.41) is 11.5. The summed E-state index contributed by atoms with van der Waals surface area (Å²) in [6.45, 7) is 3.79. The van der Waals surface area contributed by atoms with Crippen molar-refractivity contribution in [2.45, 2.75) is 51.0 Å². The molecule has 2 spiro atoms. The molecule has 136 valence electrons. The van der Waals surface area contributed by atoms with Gasteiger partial charge < -0.3 is 19.6 Å². The zero-order chi connectivity index (χ0) is 17.9. The monoisotopic (exact) mass is 353 g/mol. The van der Waals surface area contributed by atoms with Gasteiger partial charge >= 0.3 is 7.12 Å². The molecule has 0 bridgehead atoms. The molecule has 5 rings (SSSR count). The largest absolute Gasteiger partial charge is 0.493 e. The van der Waals surface area contributed by atoms with Crippen LogP contribution in [0.2, 0.25) is 0 Å². The zero-order valence-corrected chi connectivity index (χ0v) is 15.1. The van der Waals surface area contributed by atoms with Crippen LogP contribution in [0.25, 0.3) is 11.0 Å². The third-order valence-corrected chi connectivity index (χ3v) is 6.53. The first-order valence-corrected chi connectivity index (χ1v) is 9.66. The van der Waals surface area contributed by atoms with Crippen LogP contribution in [0.5, 0.6) is 0 Å². The molecule has 0 atom stereocenters. The van der Waals surface area contributed by atoms with Gasteiger partial charge in [-0.1, -0.05) is 13.3 Å². The molecule has 7 heteroatoms. The molecule has 6 nitrogen and oxygen atoms in total. The van der Waals surface area contributed by atoms with E-state index in [1.807, 2.05) is 17.2 Å². The molecule has 2 aliphatic heterocycles. The van der Waals surface area contributed by atoms with E-state index in [2.05, 4.69) is 16.9 Å². The lowest BCUT2D eigenvalue weighted by atomic mass is 9.56. The Labute approximate surface area is 153 Å². The predicted octanol–water partition coefficient (Wildman–Crippen LogP) is 1.68. The highest BCUT2D eigenvalue weighted by Crippen LogP contribution is 2.62. The molecular formula is C19H24BN3O3. The van der Waals surface area contributed by atoms with Crippen LogP contribution in [0, 0.1) is 5.41 Å². The second-order valence-electron chi connectivity index (χ2n) is 8.32. The summed E-state index contributed by atoms with van der Waals surface area (Å²) >= 11 is 0. The van der Waals surface area contributed by atoms with Gasteiger partial charge in [-0.15, -0.1) is 0 Å². The van der Waals surface area contributed by atoms with Crippen LogP contribution < -0.4 is 5.46 Å². The van der Waals surface area contributed by atoms with Crippen LogP contribution in [0.1, 0.15) is 51.0 Å². The molecule has 1 amide bonds. The zero-order valence-electron chi connectivity index (χ0n) is 15.1. The fraction of sp³-hybridized carbons (Fsp3) is 0.579. The third kappa shape index (κ3) is 2.20. The predicted molar refractivity (Wildman–Crippen MR) is 98.9 cm³/mol. The molecule has 1 aliphatic carbocycles. The first-order valence-electron chi connectivity index (χ1n) is 9.66. The van der Waals surface area contributed by atoms with Gasteiger partial charge in [-0.2, -0.15) is 0 Å². The van der Waals surface area contributed by atoms with E-state index in [1.54, 1.807) is 6.20 Å². The van der Waals surface area contributed by atoms with E-state index in [0.29, 0.717) is 6.42 Å². The Morgan fingerprint density at radius 2 is 2.35 bits per heavy atom. The molecule has 2 N–H and O–H groups in total. The summed E-state index contributed by atoms with van der Waals surface area (Å²) in [6, 6.07) is 2.02. The number of likely N-dealkylation sites (tertiary alicyclic amines) is 1. The Bertz CT molecular complexity index is 874. The van der Waals surface area contributed by atoms with Crippen molar-refractivity contribution >= 4 is 29.5 Å². The molecule has 2 aromatic heterocycles. The van der Waals surface area contributed by atoms with Crippen molar-refractivity contribution in [3.63, 3.8) is 0 Å². The summed E-state index contributed by atoms with van der Waals surface area (Å²) in [7, 11) is -0.905. The van der Waals surface area contributed by atoms with Crippen LogP contribution in [0.15, 0.2) is 18.5 Å². The number of amides is 1. The van der Waals surface area contributed by atoms with Gasteiger partial charge in [-0.25, -0.2) is 4.98 Å². The lowest BCUT2D eigenvalue weighted by Crippen LogP contribution is -2.52. The number of rotatable bonds is 3. The number of carbonyl (C=O) groups excluding carboxylic acids is 1. The highest BCUT2D eigenvalue weighted by Gasteiger charge is 2.63. The van der Waals surface area contributed by atoms with Gasteiger partial charge in [0, 0.05) is 42.8 Å². The number of nitrogens with one attached hydrogen (secondary N) is 1. The molecule has 2 aromatic rings. The van der Waals surface area contributed by atoms with Crippen molar-refractivity contribution in [1.82, 2.24) is 14.9 Å². The van der Waals surface area contributed by atoms with Gasteiger partial charge in [0.1, 0.15) is 5.65 Å². The van der Waals surface area contributed by atoms with E-state index in [9.17, 15) is 9.82 Å². The van der Waals surface area contributed by atoms with Gasteiger partial charge in [0.25, 0.3) is 0 Å². The van der Waals surface area contributed by atoms with Crippen molar-refractivity contribution in [2.75, 3.05) is 13.1 Å². The number of hydrogen-bond acceptors (Lipinski definition) is 4. The number of carbonyl (C=O) groups is 1. The molecule has 0 aromatic carbocycles. The molecule has 1 saturated heterocycles. The molecule has 3 aliphatic rings. The second-order valence-corrected chi connectivity index (χ2v) is 8.32. The second kappa shape index (κ2) is 5.57. The highest BCUT2D eigenvalue weighted by atomic mass is 16.5. The number of pyridine rings is 1. The van der Waals surface area contributed by atoms with Crippen LogP contribution in [0.4, 0.5) is 0 Å². The molecule has 26 heavy (non-hydrogen) atoms. The Morgan fingerprint density at radius 1 is 1.50 bits per heavy atom. The average Bonchev–Trinajstić information content (AvgIpc) is 3.30. The number of aromatic amines is 1. The quantitative estimate of drug-likeness (QED) is 0.823. The average molecular weight is 353 g/mol. The van der Waals surface area contributed by atoms with Crippen LogP contribution in [0.3, 0.4) is 0 Å². The standard InChI is InChI=1S/C19H24BN3O3/c1-2-3-4-15(24)23-8-6-18(12-23)10-19(11-18)16-13-5-7-21-17(13)22-9-14(16)20(25)26-19/h5,7,9,25H,2-4,6,8,10-12H2,1H3,(H,21,22). The topological polar surface area (TPSA) is 78.5 Å². The van der Waals surface area contributed by atoms with Crippen LogP contribution in [-0.2, 0) is 15.0 Å². The molecule has 4 heterocycles. The van der Waals surface area contributed by atoms with Crippen molar-refractivity contribution < 1.29 is 14.5 Å². The summed E-state index contributed by atoms with van der Waals surface area (Å²) in [5.41, 5.74) is 2.43. The number of fused-ring (bicyclic) bond motifs is 4. The minimum atomic E-state index is -0.905. The fourth-order valence-electron chi connectivity index (χ4n) is 5.40. The highest BCUT2D eigenvalue weighted by molar-refractivity contribution is 6.62. The van der Waals surface area contributed by atoms with E-state index < -0.39 is 12.7 Å². The van der Waals surface area contributed by atoms with Crippen molar-refractivity contribution in [3.05, 3.63) is 24.0 Å². The first kappa shape index (κ1) is 16.3. The van der Waals surface area contributed by atoms with Crippen molar-refractivity contribution in [3.8, 4) is 0 Å². The normalized spacial score (nSPS) is 29.8. The van der Waals surface area contributed by atoms with E-state index in [1.165, 1.54) is 0 Å². The number of nitrogens with zero attached hydrogens (tertiary/aromatic N) is 2. The number of H-pyrrole nitrogens is 1. The maximum atomic E-state index is 12.4. The summed E-state index contributed by atoms with van der Waals surface area (Å²) in [5.74, 6) is 0.287. The minimum Gasteiger partial charge on any atom is -0.423 e. The van der Waals surface area contributed by atoms with E-state index in [0.717, 1.165) is 67.3 Å². The van der Waals surface area contributed by atoms with Crippen molar-refractivity contribution in [2.24, 2.45) is 5.41 Å². The molecule has 0 unspecified atom stereocenters. The van der Waals surface area contributed by atoms with Crippen LogP contribution >= 0.6 is 0 Å². The van der Waals surface area contributed by atoms with Gasteiger partial charge in [-0.05, 0) is 42.7 Å². The van der Waals surface area contributed by atoms with Gasteiger partial charge in [-0.3, -0.25) is 4.79 Å². The third-order valence-electron chi connectivity index (χ3n) is 6.53. The first-order chi connectivity index (χ1) is 12.6. The number of unbranched alkanes of at least 4 members (excludes halogenated alkanes) is 1. The maximum absolute atomic E-state index is 12.4. The Balaban J connectivity index is 1.39. The van der Waals surface area contributed by atoms with Gasteiger partial charge in [0.2, 0.25) is 5.91 Å². The molecule has 2 fully saturated rings. The number of aromatic nitrogens is 2. The smallest absolute Gasteiger partial charge is 0.423 e. The number of hydrogen-bond donors (Lipinski definition) is 2. The molecular weight excluding hydrogens is 329 g/mol. The van der Waals surface area contributed by atoms with Gasteiger partial charge in [0.15, 0.2) is 0 Å². The SMILES string of the molecule is CCCCC(=O)N1CCC2(C1)CC1(C2)OB(O)c2cnc3[nH]ccc3c21. The summed E-state index contributed by atoms with van der Waals surface area (Å²) in [6.07, 6.45) is 9.05. The lowest BCUT2D eigenvalue weighted by molar-refractivity contribution is -0.135.